The van der Waals surface area contributed by atoms with Gasteiger partial charge in [-0.05, 0) is 69.3 Å². The first-order chi connectivity index (χ1) is 16.0. The summed E-state index contributed by atoms with van der Waals surface area (Å²) in [6.07, 6.45) is 7.42. The first-order valence-corrected chi connectivity index (χ1v) is 12.3. The van der Waals surface area contributed by atoms with E-state index in [2.05, 4.69) is 15.1 Å². The average Bonchev–Trinajstić information content (AvgIpc) is 3.08. The van der Waals surface area contributed by atoms with Gasteiger partial charge in [-0.25, -0.2) is 0 Å². The fraction of sp³-hybridized carbons (Fsp3) is 0.600. The Bertz CT molecular complexity index is 904. The first-order valence-electron chi connectivity index (χ1n) is 12.3. The molecule has 8 nitrogen and oxygen atoms in total. The lowest BCUT2D eigenvalue weighted by molar-refractivity contribution is -0.128. The normalized spacial score (nSPS) is 20.6. The molecule has 0 saturated carbocycles. The Kier molecular flexibility index (Phi) is 7.42. The number of benzene rings is 1. The van der Waals surface area contributed by atoms with Crippen molar-refractivity contribution in [1.29, 1.82) is 0 Å². The quantitative estimate of drug-likeness (QED) is 0.479. The van der Waals surface area contributed by atoms with Crippen LogP contribution in [0.5, 0.6) is 0 Å². The molecule has 1 aromatic rings. The lowest BCUT2D eigenvalue weighted by Crippen LogP contribution is -2.49. The predicted octanol–water partition coefficient (Wildman–Crippen LogP) is 2.43. The van der Waals surface area contributed by atoms with Crippen molar-refractivity contribution in [2.24, 2.45) is 5.92 Å². The van der Waals surface area contributed by atoms with Crippen LogP contribution in [0.2, 0.25) is 0 Å². The van der Waals surface area contributed by atoms with Gasteiger partial charge >= 0.3 is 0 Å². The number of likely N-dealkylation sites (tertiary alicyclic amines) is 1. The van der Waals surface area contributed by atoms with Gasteiger partial charge in [0.15, 0.2) is 0 Å². The molecule has 1 atom stereocenters. The number of nitrogens with zero attached hydrogens (tertiary/aromatic N) is 3. The second-order valence-electron chi connectivity index (χ2n) is 9.43. The van der Waals surface area contributed by atoms with Gasteiger partial charge in [-0.15, -0.1) is 0 Å². The van der Waals surface area contributed by atoms with E-state index in [1.165, 1.54) is 38.9 Å². The van der Waals surface area contributed by atoms with Crippen molar-refractivity contribution in [3.63, 3.8) is 0 Å². The monoisotopic (exact) mass is 454 g/mol. The van der Waals surface area contributed by atoms with E-state index in [4.69, 9.17) is 0 Å². The van der Waals surface area contributed by atoms with Crippen LogP contribution in [0.15, 0.2) is 18.2 Å². The van der Waals surface area contributed by atoms with Crippen LogP contribution < -0.4 is 10.2 Å². The van der Waals surface area contributed by atoms with Crippen LogP contribution in [0.4, 0.5) is 5.69 Å². The lowest BCUT2D eigenvalue weighted by Gasteiger charge is -2.37. The maximum Gasteiger partial charge on any atom is 0.262 e. The summed E-state index contributed by atoms with van der Waals surface area (Å²) < 4.78 is 0. The van der Waals surface area contributed by atoms with Crippen LogP contribution in [0, 0.1) is 5.92 Å². The molecule has 1 unspecified atom stereocenters. The van der Waals surface area contributed by atoms with Crippen molar-refractivity contribution >= 4 is 29.8 Å². The zero-order chi connectivity index (χ0) is 23.4. The summed E-state index contributed by atoms with van der Waals surface area (Å²) in [6.45, 7) is 7.36. The number of fused-ring (bicyclic) bond motifs is 1. The predicted molar refractivity (Wildman–Crippen MR) is 125 cm³/mol. The smallest absolute Gasteiger partial charge is 0.262 e. The third kappa shape index (κ3) is 4.95. The Labute approximate surface area is 195 Å². The number of piperidine rings is 2. The number of carbonyl (C=O) groups is 4. The highest BCUT2D eigenvalue weighted by Gasteiger charge is 2.42. The highest BCUT2D eigenvalue weighted by molar-refractivity contribution is 6.23. The zero-order valence-electron chi connectivity index (χ0n) is 19.4. The molecular formula is C25H34N4O4. The Morgan fingerprint density at radius 3 is 2.42 bits per heavy atom. The highest BCUT2D eigenvalue weighted by atomic mass is 16.2. The molecule has 1 N–H and O–H groups in total. The molecule has 0 aliphatic carbocycles. The SMILES string of the molecule is CCCC(C(=O)NC=O)N1C(=O)c2ccc(N3CCC(CN4CCCCC4)CC3)cc2C1=O. The molecule has 2 fully saturated rings. The summed E-state index contributed by atoms with van der Waals surface area (Å²) in [6, 6.07) is 4.41. The molecule has 8 heteroatoms. The molecule has 1 aromatic carbocycles. The van der Waals surface area contributed by atoms with E-state index in [1.807, 2.05) is 13.0 Å². The van der Waals surface area contributed by atoms with Gasteiger partial charge in [0.2, 0.25) is 12.3 Å². The van der Waals surface area contributed by atoms with E-state index < -0.39 is 23.8 Å². The van der Waals surface area contributed by atoms with Gasteiger partial charge in [-0.2, -0.15) is 0 Å². The van der Waals surface area contributed by atoms with E-state index in [1.54, 1.807) is 12.1 Å². The topological polar surface area (TPSA) is 90.0 Å². The van der Waals surface area contributed by atoms with E-state index in [0.717, 1.165) is 36.5 Å². The Morgan fingerprint density at radius 1 is 1.06 bits per heavy atom. The fourth-order valence-electron chi connectivity index (χ4n) is 5.41. The van der Waals surface area contributed by atoms with Crippen molar-refractivity contribution in [2.45, 2.75) is 57.9 Å². The summed E-state index contributed by atoms with van der Waals surface area (Å²) >= 11 is 0. The minimum absolute atomic E-state index is 0.288. The molecule has 0 spiro atoms. The van der Waals surface area contributed by atoms with Gasteiger partial charge in [-0.1, -0.05) is 19.8 Å². The molecule has 4 rings (SSSR count). The summed E-state index contributed by atoms with van der Waals surface area (Å²) in [5.74, 6) is -0.853. The van der Waals surface area contributed by atoms with Crippen molar-refractivity contribution < 1.29 is 19.2 Å². The van der Waals surface area contributed by atoms with Gasteiger partial charge in [0.05, 0.1) is 11.1 Å². The number of amides is 4. The van der Waals surface area contributed by atoms with Gasteiger partial charge in [-0.3, -0.25) is 29.4 Å². The fourth-order valence-corrected chi connectivity index (χ4v) is 5.41. The summed E-state index contributed by atoms with van der Waals surface area (Å²) in [7, 11) is 0. The third-order valence-electron chi connectivity index (χ3n) is 7.22. The van der Waals surface area contributed by atoms with Crippen molar-refractivity contribution in [2.75, 3.05) is 37.6 Å². The minimum atomic E-state index is -0.985. The number of rotatable bonds is 8. The number of nitrogens with one attached hydrogen (secondary N) is 1. The largest absolute Gasteiger partial charge is 0.371 e. The molecule has 33 heavy (non-hydrogen) atoms. The highest BCUT2D eigenvalue weighted by Crippen LogP contribution is 2.32. The maximum atomic E-state index is 13.2. The number of hydrogen-bond donors (Lipinski definition) is 1. The van der Waals surface area contributed by atoms with Crippen LogP contribution in [-0.4, -0.2) is 72.7 Å². The van der Waals surface area contributed by atoms with E-state index in [-0.39, 0.29) is 6.41 Å². The average molecular weight is 455 g/mol. The standard InChI is InChI=1S/C25H34N4O4/c1-2-6-22(23(31)26-17-30)29-24(32)20-8-7-19(15-21(20)25(29)33)28-13-9-18(10-14-28)16-27-11-4-3-5-12-27/h7-8,15,17-18,22H,2-6,9-14,16H2,1H3,(H,26,30,31). The molecular weight excluding hydrogens is 420 g/mol. The van der Waals surface area contributed by atoms with Gasteiger partial charge in [0, 0.05) is 25.3 Å². The second kappa shape index (κ2) is 10.5. The number of hydrogen-bond acceptors (Lipinski definition) is 6. The Morgan fingerprint density at radius 2 is 1.76 bits per heavy atom. The van der Waals surface area contributed by atoms with Crippen LogP contribution in [0.3, 0.4) is 0 Å². The molecule has 4 amide bonds. The second-order valence-corrected chi connectivity index (χ2v) is 9.43. The van der Waals surface area contributed by atoms with E-state index in [9.17, 15) is 19.2 Å². The van der Waals surface area contributed by atoms with Crippen LogP contribution in [0.25, 0.3) is 0 Å². The Balaban J connectivity index is 1.43. The molecule has 3 aliphatic rings. The van der Waals surface area contributed by atoms with Crippen molar-refractivity contribution in [1.82, 2.24) is 15.1 Å². The lowest BCUT2D eigenvalue weighted by atomic mass is 9.94. The summed E-state index contributed by atoms with van der Waals surface area (Å²) in [5.41, 5.74) is 1.61. The van der Waals surface area contributed by atoms with Gasteiger partial charge in [0.1, 0.15) is 6.04 Å². The van der Waals surface area contributed by atoms with Crippen molar-refractivity contribution in [3.8, 4) is 0 Å². The molecule has 0 bridgehead atoms. The molecule has 178 valence electrons. The summed E-state index contributed by atoms with van der Waals surface area (Å²) in [5, 5.41) is 2.09. The van der Waals surface area contributed by atoms with Crippen LogP contribution in [0.1, 0.15) is 72.6 Å². The summed E-state index contributed by atoms with van der Waals surface area (Å²) in [4.78, 5) is 55.1. The van der Waals surface area contributed by atoms with E-state index >= 15 is 0 Å². The molecule has 0 radical (unpaired) electrons. The van der Waals surface area contributed by atoms with Crippen LogP contribution >= 0.6 is 0 Å². The number of anilines is 1. The molecule has 3 aliphatic heterocycles. The Hall–Kier alpha value is -2.74. The minimum Gasteiger partial charge on any atom is -0.371 e. The van der Waals surface area contributed by atoms with E-state index in [0.29, 0.717) is 29.9 Å². The first kappa shape index (κ1) is 23.4. The molecule has 0 aromatic heterocycles. The van der Waals surface area contributed by atoms with Gasteiger partial charge < -0.3 is 9.80 Å². The van der Waals surface area contributed by atoms with Gasteiger partial charge in [0.25, 0.3) is 11.8 Å². The van der Waals surface area contributed by atoms with Crippen molar-refractivity contribution in [3.05, 3.63) is 29.3 Å². The van der Waals surface area contributed by atoms with Crippen LogP contribution in [-0.2, 0) is 9.59 Å². The number of carbonyl (C=O) groups excluding carboxylic acids is 4. The molecule has 3 heterocycles. The molecule has 2 saturated heterocycles. The third-order valence-corrected chi connectivity index (χ3v) is 7.22. The number of imide groups is 2. The zero-order valence-corrected chi connectivity index (χ0v) is 19.4. The maximum absolute atomic E-state index is 13.2.